The van der Waals surface area contributed by atoms with Gasteiger partial charge in [-0.15, -0.1) is 0 Å². The number of benzene rings is 1. The number of hydrogen-bond donors (Lipinski definition) is 1. The molecular formula is C15H21ClN2O2S. The summed E-state index contributed by atoms with van der Waals surface area (Å²) in [6, 6.07) is 6.57. The summed E-state index contributed by atoms with van der Waals surface area (Å²) in [5.41, 5.74) is 2.28. The fourth-order valence-corrected chi connectivity index (χ4v) is 4.14. The van der Waals surface area contributed by atoms with Crippen LogP contribution in [0.5, 0.6) is 0 Å². The SMILES string of the molecule is O=S1(=O)CCCN(c2cc(Cl)ccc2CNC2CC2)CC1. The molecule has 1 aromatic carbocycles. The number of nitrogens with zero attached hydrogens (tertiary/aromatic N) is 1. The average Bonchev–Trinajstić information content (AvgIpc) is 3.25. The van der Waals surface area contributed by atoms with E-state index in [0.29, 0.717) is 29.8 Å². The zero-order chi connectivity index (χ0) is 14.9. The van der Waals surface area contributed by atoms with Crippen molar-refractivity contribution in [1.82, 2.24) is 5.32 Å². The molecule has 1 N–H and O–H groups in total. The Morgan fingerprint density at radius 2 is 2.05 bits per heavy atom. The van der Waals surface area contributed by atoms with E-state index in [1.165, 1.54) is 18.4 Å². The van der Waals surface area contributed by atoms with Crippen LogP contribution < -0.4 is 10.2 Å². The average molecular weight is 329 g/mol. The predicted molar refractivity (Wildman–Crippen MR) is 86.8 cm³/mol. The summed E-state index contributed by atoms with van der Waals surface area (Å²) in [5, 5.41) is 4.22. The number of hydrogen-bond acceptors (Lipinski definition) is 4. The van der Waals surface area contributed by atoms with Crippen molar-refractivity contribution in [3.05, 3.63) is 28.8 Å². The van der Waals surface area contributed by atoms with Crippen molar-refractivity contribution in [3.63, 3.8) is 0 Å². The zero-order valence-corrected chi connectivity index (χ0v) is 13.6. The van der Waals surface area contributed by atoms with E-state index in [2.05, 4.69) is 10.2 Å². The molecule has 4 nitrogen and oxygen atoms in total. The number of sulfone groups is 1. The minimum absolute atomic E-state index is 0.231. The second kappa shape index (κ2) is 6.15. The highest BCUT2D eigenvalue weighted by molar-refractivity contribution is 7.91. The zero-order valence-electron chi connectivity index (χ0n) is 12.0. The Bertz CT molecular complexity index is 614. The Balaban J connectivity index is 1.79. The third-order valence-electron chi connectivity index (χ3n) is 4.10. The summed E-state index contributed by atoms with van der Waals surface area (Å²) in [6.45, 7) is 2.15. The molecule has 0 atom stereocenters. The van der Waals surface area contributed by atoms with Crippen molar-refractivity contribution in [2.24, 2.45) is 0 Å². The number of rotatable bonds is 4. The van der Waals surface area contributed by atoms with Gasteiger partial charge in [0.1, 0.15) is 0 Å². The van der Waals surface area contributed by atoms with Gasteiger partial charge in [0, 0.05) is 36.4 Å². The van der Waals surface area contributed by atoms with Gasteiger partial charge in [0.05, 0.1) is 11.5 Å². The highest BCUT2D eigenvalue weighted by Crippen LogP contribution is 2.27. The van der Waals surface area contributed by atoms with Crippen molar-refractivity contribution in [1.29, 1.82) is 0 Å². The van der Waals surface area contributed by atoms with Crippen molar-refractivity contribution < 1.29 is 8.42 Å². The first kappa shape index (κ1) is 15.1. The molecule has 116 valence electrons. The van der Waals surface area contributed by atoms with E-state index in [4.69, 9.17) is 11.6 Å². The van der Waals surface area contributed by atoms with Crippen molar-refractivity contribution >= 4 is 27.1 Å². The van der Waals surface area contributed by atoms with Crippen LogP contribution >= 0.6 is 11.6 Å². The summed E-state index contributed by atoms with van der Waals surface area (Å²) in [7, 11) is -2.89. The first-order valence-electron chi connectivity index (χ1n) is 7.51. The van der Waals surface area contributed by atoms with Crippen LogP contribution in [0.1, 0.15) is 24.8 Å². The van der Waals surface area contributed by atoms with E-state index < -0.39 is 9.84 Å². The van der Waals surface area contributed by atoms with Crippen LogP contribution in [0.4, 0.5) is 5.69 Å². The molecule has 0 bridgehead atoms. The van der Waals surface area contributed by atoms with Crippen molar-refractivity contribution in [2.45, 2.75) is 31.8 Å². The highest BCUT2D eigenvalue weighted by Gasteiger charge is 2.23. The smallest absolute Gasteiger partial charge is 0.152 e. The van der Waals surface area contributed by atoms with Crippen LogP contribution in [0, 0.1) is 0 Å². The van der Waals surface area contributed by atoms with Gasteiger partial charge in [0.2, 0.25) is 0 Å². The standard InChI is InChI=1S/C15H21ClN2O2S/c16-13-3-2-12(11-17-14-4-5-14)15(10-13)18-6-1-8-21(19,20)9-7-18/h2-3,10,14,17H,1,4-9,11H2. The van der Waals surface area contributed by atoms with Crippen LogP contribution in [0.3, 0.4) is 0 Å². The van der Waals surface area contributed by atoms with Gasteiger partial charge >= 0.3 is 0 Å². The fourth-order valence-electron chi connectivity index (χ4n) is 2.70. The fraction of sp³-hybridized carbons (Fsp3) is 0.600. The van der Waals surface area contributed by atoms with Gasteiger partial charge in [-0.25, -0.2) is 8.42 Å². The van der Waals surface area contributed by atoms with Gasteiger partial charge in [-0.2, -0.15) is 0 Å². The molecule has 0 radical (unpaired) electrons. The summed E-state index contributed by atoms with van der Waals surface area (Å²) in [6.07, 6.45) is 3.19. The maximum Gasteiger partial charge on any atom is 0.152 e. The molecule has 2 fully saturated rings. The van der Waals surface area contributed by atoms with Gasteiger partial charge in [-0.05, 0) is 37.0 Å². The summed E-state index contributed by atoms with van der Waals surface area (Å²) in [4.78, 5) is 2.17. The first-order chi connectivity index (χ1) is 10.0. The molecule has 1 aliphatic carbocycles. The second-order valence-electron chi connectivity index (χ2n) is 5.92. The van der Waals surface area contributed by atoms with Crippen LogP contribution in [0.15, 0.2) is 18.2 Å². The minimum Gasteiger partial charge on any atom is -0.370 e. The predicted octanol–water partition coefficient (Wildman–Crippen LogP) is 2.22. The lowest BCUT2D eigenvalue weighted by molar-refractivity contribution is 0.597. The summed E-state index contributed by atoms with van der Waals surface area (Å²) in [5.74, 6) is 0.523. The molecular weight excluding hydrogens is 308 g/mol. The van der Waals surface area contributed by atoms with Gasteiger partial charge < -0.3 is 10.2 Å². The molecule has 1 aromatic rings. The van der Waals surface area contributed by atoms with E-state index in [1.807, 2.05) is 18.2 Å². The lowest BCUT2D eigenvalue weighted by Crippen LogP contribution is -2.28. The maximum absolute atomic E-state index is 11.8. The molecule has 0 unspecified atom stereocenters. The minimum atomic E-state index is -2.89. The lowest BCUT2D eigenvalue weighted by Gasteiger charge is -2.25. The third kappa shape index (κ3) is 4.11. The van der Waals surface area contributed by atoms with Gasteiger partial charge in [-0.1, -0.05) is 17.7 Å². The van der Waals surface area contributed by atoms with E-state index in [9.17, 15) is 8.42 Å². The van der Waals surface area contributed by atoms with Gasteiger partial charge in [0.15, 0.2) is 9.84 Å². The lowest BCUT2D eigenvalue weighted by atomic mass is 10.1. The van der Waals surface area contributed by atoms with Gasteiger partial charge in [0.25, 0.3) is 0 Å². The first-order valence-corrected chi connectivity index (χ1v) is 9.71. The quantitative estimate of drug-likeness (QED) is 0.920. The largest absolute Gasteiger partial charge is 0.370 e. The Morgan fingerprint density at radius 1 is 1.24 bits per heavy atom. The molecule has 6 heteroatoms. The molecule has 1 saturated carbocycles. The Morgan fingerprint density at radius 3 is 2.81 bits per heavy atom. The molecule has 3 rings (SSSR count). The molecule has 0 spiro atoms. The van der Waals surface area contributed by atoms with Crippen LogP contribution in [0.2, 0.25) is 5.02 Å². The van der Waals surface area contributed by atoms with Crippen LogP contribution in [-0.2, 0) is 16.4 Å². The van der Waals surface area contributed by atoms with Gasteiger partial charge in [-0.3, -0.25) is 0 Å². The Kier molecular flexibility index (Phi) is 4.43. The van der Waals surface area contributed by atoms with Crippen molar-refractivity contribution in [3.8, 4) is 0 Å². The van der Waals surface area contributed by atoms with E-state index in [0.717, 1.165) is 18.8 Å². The Hall–Kier alpha value is -0.780. The second-order valence-corrected chi connectivity index (χ2v) is 8.66. The molecule has 1 heterocycles. The highest BCUT2D eigenvalue weighted by atomic mass is 35.5. The van der Waals surface area contributed by atoms with Crippen molar-refractivity contribution in [2.75, 3.05) is 29.5 Å². The Labute approximate surface area is 131 Å². The molecule has 2 aliphatic rings. The molecule has 1 aliphatic heterocycles. The monoisotopic (exact) mass is 328 g/mol. The molecule has 0 amide bonds. The van der Waals surface area contributed by atoms with Crippen LogP contribution in [0.25, 0.3) is 0 Å². The number of nitrogens with one attached hydrogen (secondary N) is 1. The summed E-state index contributed by atoms with van der Waals surface area (Å²) < 4.78 is 23.5. The molecule has 21 heavy (non-hydrogen) atoms. The van der Waals surface area contributed by atoms with E-state index in [1.54, 1.807) is 0 Å². The topological polar surface area (TPSA) is 49.4 Å². The maximum atomic E-state index is 11.8. The van der Waals surface area contributed by atoms with E-state index in [-0.39, 0.29) is 5.75 Å². The third-order valence-corrected chi connectivity index (χ3v) is 6.05. The molecule has 0 aromatic heterocycles. The number of halogens is 1. The normalized spacial score (nSPS) is 22.0. The number of anilines is 1. The van der Waals surface area contributed by atoms with Crippen LogP contribution in [-0.4, -0.2) is 39.1 Å². The van der Waals surface area contributed by atoms with E-state index >= 15 is 0 Å². The summed E-state index contributed by atoms with van der Waals surface area (Å²) >= 11 is 6.14. The molecule has 1 saturated heterocycles.